The molecule has 1 aliphatic heterocycles. The summed E-state index contributed by atoms with van der Waals surface area (Å²) < 4.78 is 30.7. The molecule has 0 saturated heterocycles. The number of pyridine rings is 2. The Balaban J connectivity index is 1.80. The molecule has 3 aromatic rings. The van der Waals surface area contributed by atoms with E-state index in [0.29, 0.717) is 18.7 Å². The van der Waals surface area contributed by atoms with Crippen LogP contribution < -0.4 is 4.90 Å². The van der Waals surface area contributed by atoms with Crippen molar-refractivity contribution >= 4 is 17.5 Å². The van der Waals surface area contributed by atoms with Crippen LogP contribution in [0, 0.1) is 18.6 Å². The smallest absolute Gasteiger partial charge is 0.173 e. The molecule has 5 rings (SSSR count). The number of halogens is 2. The molecule has 30 heavy (non-hydrogen) atoms. The highest BCUT2D eigenvalue weighted by molar-refractivity contribution is 5.82. The number of nitrogens with zero attached hydrogens (tertiary/aromatic N) is 3. The van der Waals surface area contributed by atoms with E-state index in [2.05, 4.69) is 9.97 Å². The Labute approximate surface area is 174 Å². The van der Waals surface area contributed by atoms with Crippen LogP contribution in [-0.2, 0) is 12.8 Å². The van der Waals surface area contributed by atoms with E-state index in [1.165, 1.54) is 6.07 Å². The largest absolute Gasteiger partial charge is 0.338 e. The fourth-order valence-corrected chi connectivity index (χ4v) is 4.36. The number of benzene rings is 1. The lowest BCUT2D eigenvalue weighted by atomic mass is 9.97. The van der Waals surface area contributed by atoms with Crippen LogP contribution in [0.4, 0.5) is 20.2 Å². The van der Waals surface area contributed by atoms with Crippen molar-refractivity contribution in [2.75, 3.05) is 11.4 Å². The molecule has 0 N–H and O–H groups in total. The quantitative estimate of drug-likeness (QED) is 0.532. The molecule has 0 unspecified atom stereocenters. The maximum Gasteiger partial charge on any atom is 0.173 e. The average Bonchev–Trinajstić information content (AvgIpc) is 2.99. The van der Waals surface area contributed by atoms with E-state index in [1.54, 1.807) is 24.4 Å². The van der Waals surface area contributed by atoms with Crippen LogP contribution in [-0.4, -0.2) is 16.5 Å². The summed E-state index contributed by atoms with van der Waals surface area (Å²) in [5, 5.41) is 0. The van der Waals surface area contributed by atoms with Gasteiger partial charge in [-0.05, 0) is 43.5 Å². The number of allylic oxidation sites excluding steroid dienone is 3. The summed E-state index contributed by atoms with van der Waals surface area (Å²) in [6, 6.07) is 8.17. The molecule has 5 heteroatoms. The van der Waals surface area contributed by atoms with Crippen molar-refractivity contribution in [2.45, 2.75) is 26.2 Å². The van der Waals surface area contributed by atoms with Crippen molar-refractivity contribution in [2.24, 2.45) is 0 Å². The van der Waals surface area contributed by atoms with Gasteiger partial charge < -0.3 is 4.90 Å². The van der Waals surface area contributed by atoms with Crippen molar-refractivity contribution in [3.8, 4) is 11.3 Å². The second-order valence-corrected chi connectivity index (χ2v) is 7.60. The number of aromatic nitrogens is 2. The van der Waals surface area contributed by atoms with Crippen molar-refractivity contribution in [3.63, 3.8) is 0 Å². The minimum Gasteiger partial charge on any atom is -0.338 e. The second kappa shape index (κ2) is 7.48. The first-order chi connectivity index (χ1) is 14.6. The Bertz CT molecular complexity index is 1200. The monoisotopic (exact) mass is 401 g/mol. The topological polar surface area (TPSA) is 29.0 Å². The lowest BCUT2D eigenvalue weighted by Gasteiger charge is -2.34. The summed E-state index contributed by atoms with van der Waals surface area (Å²) in [4.78, 5) is 11.0. The van der Waals surface area contributed by atoms with Gasteiger partial charge in [0.1, 0.15) is 11.5 Å². The van der Waals surface area contributed by atoms with E-state index >= 15 is 4.39 Å². The summed E-state index contributed by atoms with van der Waals surface area (Å²) in [7, 11) is 0. The predicted octanol–water partition coefficient (Wildman–Crippen LogP) is 5.94. The zero-order valence-corrected chi connectivity index (χ0v) is 16.7. The summed E-state index contributed by atoms with van der Waals surface area (Å²) in [6.45, 7) is 2.67. The average molecular weight is 401 g/mol. The molecule has 0 fully saturated rings. The molecule has 0 spiro atoms. The van der Waals surface area contributed by atoms with E-state index in [4.69, 9.17) is 0 Å². The molecular weight excluding hydrogens is 380 g/mol. The lowest BCUT2D eigenvalue weighted by Crippen LogP contribution is -2.27. The van der Waals surface area contributed by atoms with Gasteiger partial charge in [0.2, 0.25) is 0 Å². The molecule has 2 aromatic heterocycles. The number of hydrogen-bond donors (Lipinski definition) is 0. The molecule has 0 atom stereocenters. The van der Waals surface area contributed by atoms with Crippen LogP contribution >= 0.6 is 0 Å². The van der Waals surface area contributed by atoms with Gasteiger partial charge in [0.15, 0.2) is 5.82 Å². The molecule has 1 aromatic carbocycles. The molecule has 0 amide bonds. The maximum atomic E-state index is 16.1. The Hall–Kier alpha value is -3.34. The van der Waals surface area contributed by atoms with Crippen LogP contribution in [0.3, 0.4) is 0 Å². The van der Waals surface area contributed by atoms with Gasteiger partial charge in [-0.25, -0.2) is 13.8 Å². The second-order valence-electron chi connectivity index (χ2n) is 7.60. The van der Waals surface area contributed by atoms with Gasteiger partial charge in [0.05, 0.1) is 11.4 Å². The Kier molecular flexibility index (Phi) is 4.66. The van der Waals surface area contributed by atoms with Gasteiger partial charge in [-0.3, -0.25) is 4.98 Å². The fourth-order valence-electron chi connectivity index (χ4n) is 4.36. The fraction of sp³-hybridized carbons (Fsp3) is 0.200. The molecule has 150 valence electrons. The van der Waals surface area contributed by atoms with E-state index in [1.807, 2.05) is 42.2 Å². The number of rotatable bonds is 2. The van der Waals surface area contributed by atoms with Crippen LogP contribution in [0.1, 0.15) is 28.9 Å². The molecule has 0 saturated carbocycles. The van der Waals surface area contributed by atoms with Gasteiger partial charge in [0.25, 0.3) is 0 Å². The first-order valence-corrected chi connectivity index (χ1v) is 10.2. The highest BCUT2D eigenvalue weighted by Gasteiger charge is 2.29. The van der Waals surface area contributed by atoms with Crippen molar-refractivity contribution in [1.82, 2.24) is 9.97 Å². The number of fused-ring (bicyclic) bond motifs is 2. The van der Waals surface area contributed by atoms with Gasteiger partial charge in [-0.2, -0.15) is 0 Å². The predicted molar refractivity (Wildman–Crippen MR) is 116 cm³/mol. The Morgan fingerprint density at radius 3 is 2.80 bits per heavy atom. The molecular formula is C25H21F2N3. The zero-order valence-electron chi connectivity index (χ0n) is 16.7. The van der Waals surface area contributed by atoms with Crippen LogP contribution in [0.2, 0.25) is 0 Å². The van der Waals surface area contributed by atoms with Crippen molar-refractivity contribution in [1.29, 1.82) is 0 Å². The van der Waals surface area contributed by atoms with Crippen LogP contribution in [0.15, 0.2) is 54.8 Å². The molecule has 2 aliphatic rings. The van der Waals surface area contributed by atoms with Gasteiger partial charge in [-0.1, -0.05) is 36.4 Å². The molecule has 0 bridgehead atoms. The SMILES string of the molecule is Cc1nccc2c1CCCN2c1c(F)c(-c2ccccc2F)nc2c1C=CC=CC2. The zero-order chi connectivity index (χ0) is 20.7. The first kappa shape index (κ1) is 18.7. The van der Waals surface area contributed by atoms with Crippen LogP contribution in [0.5, 0.6) is 0 Å². The Morgan fingerprint density at radius 2 is 1.93 bits per heavy atom. The third-order valence-corrected chi connectivity index (χ3v) is 5.79. The molecule has 1 aliphatic carbocycles. The highest BCUT2D eigenvalue weighted by Crippen LogP contribution is 2.42. The summed E-state index contributed by atoms with van der Waals surface area (Å²) >= 11 is 0. The number of anilines is 2. The van der Waals surface area contributed by atoms with E-state index in [-0.39, 0.29) is 11.3 Å². The van der Waals surface area contributed by atoms with Gasteiger partial charge in [0, 0.05) is 41.7 Å². The summed E-state index contributed by atoms with van der Waals surface area (Å²) in [5.74, 6) is -0.971. The Morgan fingerprint density at radius 1 is 1.07 bits per heavy atom. The standard InChI is InChI=1S/C25H21F2N3/c1-16-17-10-7-15-30(22(17)13-14-28-16)25-19-9-3-2-4-12-21(19)29-24(23(25)27)18-8-5-6-11-20(18)26/h2-6,8-9,11,13-14H,7,10,12,15H2,1H3. The van der Waals surface area contributed by atoms with E-state index in [0.717, 1.165) is 41.0 Å². The van der Waals surface area contributed by atoms with Gasteiger partial charge >= 0.3 is 0 Å². The third kappa shape index (κ3) is 3.02. The van der Waals surface area contributed by atoms with E-state index < -0.39 is 11.6 Å². The molecule has 0 radical (unpaired) electrons. The molecule has 3 nitrogen and oxygen atoms in total. The normalized spacial score (nSPS) is 15.0. The third-order valence-electron chi connectivity index (χ3n) is 5.79. The van der Waals surface area contributed by atoms with E-state index in [9.17, 15) is 4.39 Å². The number of hydrogen-bond acceptors (Lipinski definition) is 3. The lowest BCUT2D eigenvalue weighted by molar-refractivity contribution is 0.606. The van der Waals surface area contributed by atoms with Crippen LogP contribution in [0.25, 0.3) is 17.3 Å². The maximum absolute atomic E-state index is 16.1. The van der Waals surface area contributed by atoms with Crippen molar-refractivity contribution < 1.29 is 8.78 Å². The highest BCUT2D eigenvalue weighted by atomic mass is 19.1. The summed E-state index contributed by atoms with van der Waals surface area (Å²) in [6.07, 6.45) is 11.9. The summed E-state index contributed by atoms with van der Waals surface area (Å²) in [5.41, 5.74) is 5.26. The number of aryl methyl sites for hydroxylation is 1. The first-order valence-electron chi connectivity index (χ1n) is 10.2. The molecule has 3 heterocycles. The van der Waals surface area contributed by atoms with Crippen molar-refractivity contribution in [3.05, 3.63) is 88.9 Å². The minimum atomic E-state index is -0.493. The van der Waals surface area contributed by atoms with Gasteiger partial charge in [-0.15, -0.1) is 0 Å². The minimum absolute atomic E-state index is 0.0588.